The van der Waals surface area contributed by atoms with Crippen LogP contribution in [0.4, 0.5) is 0 Å². The molecule has 4 aromatic rings. The second-order valence-electron chi connectivity index (χ2n) is 9.02. The Kier molecular flexibility index (Phi) is 8.17. The summed E-state index contributed by atoms with van der Waals surface area (Å²) in [6, 6.07) is 20.6. The molecule has 0 saturated heterocycles. The molecule has 0 bridgehead atoms. The van der Waals surface area contributed by atoms with Gasteiger partial charge in [0.15, 0.2) is 0 Å². The first kappa shape index (κ1) is 27.0. The van der Waals surface area contributed by atoms with Crippen LogP contribution in [0.25, 0.3) is 5.69 Å². The first-order valence-electron chi connectivity index (χ1n) is 11.9. The van der Waals surface area contributed by atoms with Crippen molar-refractivity contribution in [3.63, 3.8) is 0 Å². The van der Waals surface area contributed by atoms with Gasteiger partial charge in [-0.15, -0.1) is 5.10 Å². The first-order chi connectivity index (χ1) is 17.7. The number of carbonyl (C=O) groups is 1. The summed E-state index contributed by atoms with van der Waals surface area (Å²) >= 11 is 12.9. The molecule has 1 heterocycles. The van der Waals surface area contributed by atoms with E-state index < -0.39 is 16.0 Å². The van der Waals surface area contributed by atoms with Gasteiger partial charge in [0, 0.05) is 0 Å². The van der Waals surface area contributed by atoms with Gasteiger partial charge in [-0.25, -0.2) is 9.48 Å². The summed E-state index contributed by atoms with van der Waals surface area (Å²) in [6.07, 6.45) is 2.24. The van der Waals surface area contributed by atoms with Crippen LogP contribution in [0.1, 0.15) is 48.4 Å². The fourth-order valence-electron chi connectivity index (χ4n) is 4.12. The molecule has 0 aliphatic rings. The van der Waals surface area contributed by atoms with Crippen LogP contribution < -0.4 is 4.74 Å². The highest BCUT2D eigenvalue weighted by Gasteiger charge is 2.23. The van der Waals surface area contributed by atoms with E-state index >= 15 is 0 Å². The zero-order valence-corrected chi connectivity index (χ0v) is 23.4. The van der Waals surface area contributed by atoms with E-state index in [2.05, 4.69) is 49.5 Å². The molecule has 1 aromatic heterocycles. The Balaban J connectivity index is 1.59. The molecule has 1 unspecified atom stereocenters. The third-order valence-corrected chi connectivity index (χ3v) is 10.8. The molecule has 0 radical (unpaired) electrons. The van der Waals surface area contributed by atoms with Crippen LogP contribution in [0.2, 0.25) is 10.0 Å². The molecule has 37 heavy (non-hydrogen) atoms. The zero-order valence-electron chi connectivity index (χ0n) is 21.1. The maximum Gasteiger partial charge on any atom is 0.335 e. The van der Waals surface area contributed by atoms with Crippen molar-refractivity contribution < 1.29 is 14.6 Å². The number of nitrogens with zero attached hydrogens (tertiary/aromatic N) is 3. The number of aromatic carboxylic acids is 1. The summed E-state index contributed by atoms with van der Waals surface area (Å²) in [7, 11) is -1.32. The Bertz CT molecular complexity index is 1390. The maximum atomic E-state index is 11.2. The molecule has 0 spiro atoms. The molecule has 1 N–H and O–H groups in total. The number of carboxylic acids is 1. The Hall–Kier alpha value is -3.00. The largest absolute Gasteiger partial charge is 0.487 e. The molecule has 3 aromatic carbocycles. The van der Waals surface area contributed by atoms with Crippen molar-refractivity contribution in [2.75, 3.05) is 12.0 Å². The van der Waals surface area contributed by atoms with Crippen molar-refractivity contribution in [2.24, 2.45) is 0 Å². The predicted molar refractivity (Wildman–Crippen MR) is 150 cm³/mol. The topological polar surface area (TPSA) is 77.2 Å². The number of para-hydroxylation sites is 1. The van der Waals surface area contributed by atoms with Crippen LogP contribution in [0.15, 0.2) is 76.5 Å². The summed E-state index contributed by atoms with van der Waals surface area (Å²) in [5.74, 6) is 0.865. The summed E-state index contributed by atoms with van der Waals surface area (Å²) in [4.78, 5) is 13.6. The van der Waals surface area contributed by atoms with E-state index in [1.54, 1.807) is 35.0 Å². The summed E-state index contributed by atoms with van der Waals surface area (Å²) in [6.45, 7) is 6.51. The van der Waals surface area contributed by atoms with Gasteiger partial charge in [0.1, 0.15) is 23.7 Å². The average Bonchev–Trinajstić information content (AvgIpc) is 3.31. The molecule has 0 aliphatic heterocycles. The van der Waals surface area contributed by atoms with Crippen LogP contribution in [-0.2, 0) is 6.61 Å². The number of aromatic nitrogens is 3. The highest BCUT2D eigenvalue weighted by molar-refractivity contribution is 8.33. The monoisotopic (exact) mass is 557 g/mol. The average molecular weight is 559 g/mol. The van der Waals surface area contributed by atoms with Gasteiger partial charge in [0.25, 0.3) is 0 Å². The standard InChI is InChI=1S/C28H29Cl2N3O3S/c1-5-37(4,21-13-9-19(10-14-21)28(34)35)22-15-11-20(12-16-22)36-17-25-26(18(2)3)31-32-33(25)27-23(29)7-6-8-24(27)30/h6-16,18H,5,17H2,1-4H3,(H,34,35). The first-order valence-corrected chi connectivity index (χ1v) is 14.8. The van der Waals surface area contributed by atoms with Gasteiger partial charge < -0.3 is 9.84 Å². The second kappa shape index (κ2) is 11.2. The number of ether oxygens (including phenoxy) is 1. The van der Waals surface area contributed by atoms with Crippen LogP contribution in [0, 0.1) is 0 Å². The fourth-order valence-corrected chi connectivity index (χ4v) is 7.09. The molecule has 1 atom stereocenters. The van der Waals surface area contributed by atoms with E-state index in [0.717, 1.165) is 27.8 Å². The minimum atomic E-state index is -1.32. The summed E-state index contributed by atoms with van der Waals surface area (Å²) in [5.41, 5.74) is 2.48. The molecule has 6 nitrogen and oxygen atoms in total. The van der Waals surface area contributed by atoms with Crippen LogP contribution >= 0.6 is 33.2 Å². The van der Waals surface area contributed by atoms with E-state index in [-0.39, 0.29) is 18.1 Å². The molecule has 9 heteroatoms. The lowest BCUT2D eigenvalue weighted by molar-refractivity contribution is 0.0697. The molecule has 0 saturated carbocycles. The lowest BCUT2D eigenvalue weighted by atomic mass is 10.1. The van der Waals surface area contributed by atoms with Crippen molar-refractivity contribution in [3.8, 4) is 11.4 Å². The number of carboxylic acid groups (broad SMARTS) is 1. The second-order valence-corrected chi connectivity index (χ2v) is 13.5. The molecule has 0 aliphatic carbocycles. The predicted octanol–water partition coefficient (Wildman–Crippen LogP) is 7.85. The normalized spacial score (nSPS) is 13.8. The van der Waals surface area contributed by atoms with Crippen LogP contribution in [0.3, 0.4) is 0 Å². The van der Waals surface area contributed by atoms with Crippen molar-refractivity contribution in [2.45, 2.75) is 43.1 Å². The number of halogens is 2. The number of rotatable bonds is 9. The molecule has 194 valence electrons. The number of benzene rings is 3. The number of hydrogen-bond acceptors (Lipinski definition) is 4. The minimum Gasteiger partial charge on any atom is -0.487 e. The SMILES string of the molecule is CCS(C)(c1ccc(OCc2c(C(C)C)nnn2-c2c(Cl)cccc2Cl)cc1)c1ccc(C(=O)O)cc1. The van der Waals surface area contributed by atoms with E-state index in [9.17, 15) is 9.90 Å². The van der Waals surface area contributed by atoms with E-state index in [4.69, 9.17) is 27.9 Å². The van der Waals surface area contributed by atoms with Gasteiger partial charge in [-0.2, -0.15) is 10.0 Å². The molecule has 0 amide bonds. The Labute approximate surface area is 228 Å². The van der Waals surface area contributed by atoms with Crippen LogP contribution in [0.5, 0.6) is 5.75 Å². The molecule has 4 rings (SSSR count). The summed E-state index contributed by atoms with van der Waals surface area (Å²) < 4.78 is 7.85. The van der Waals surface area contributed by atoms with Crippen molar-refractivity contribution in [3.05, 3.63) is 93.7 Å². The van der Waals surface area contributed by atoms with Gasteiger partial charge in [-0.3, -0.25) is 0 Å². The smallest absolute Gasteiger partial charge is 0.335 e. The van der Waals surface area contributed by atoms with Gasteiger partial charge >= 0.3 is 5.97 Å². The van der Waals surface area contributed by atoms with Crippen molar-refractivity contribution in [1.82, 2.24) is 15.0 Å². The quantitative estimate of drug-likeness (QED) is 0.226. The van der Waals surface area contributed by atoms with Gasteiger partial charge in [0.05, 0.1) is 21.3 Å². The van der Waals surface area contributed by atoms with Gasteiger partial charge in [-0.1, -0.05) is 55.3 Å². The number of hydrogen-bond donors (Lipinski definition) is 1. The maximum absolute atomic E-state index is 11.2. The zero-order chi connectivity index (χ0) is 26.7. The van der Waals surface area contributed by atoms with E-state index in [1.807, 2.05) is 24.3 Å². The highest BCUT2D eigenvalue weighted by Crippen LogP contribution is 2.59. The van der Waals surface area contributed by atoms with Gasteiger partial charge in [-0.05, 0) is 88.4 Å². The summed E-state index contributed by atoms with van der Waals surface area (Å²) in [5, 5.41) is 18.9. The molecular weight excluding hydrogens is 529 g/mol. The Morgan fingerprint density at radius 1 is 1.00 bits per heavy atom. The lowest BCUT2D eigenvalue weighted by Gasteiger charge is -2.36. The molecular formula is C28H29Cl2N3O3S. The van der Waals surface area contributed by atoms with E-state index in [0.29, 0.717) is 15.7 Å². The Morgan fingerprint density at radius 2 is 1.57 bits per heavy atom. The highest BCUT2D eigenvalue weighted by atomic mass is 35.5. The fraction of sp³-hybridized carbons (Fsp3) is 0.250. The Morgan fingerprint density at radius 3 is 2.08 bits per heavy atom. The van der Waals surface area contributed by atoms with Crippen LogP contribution in [-0.4, -0.2) is 38.1 Å². The third kappa shape index (κ3) is 5.49. The third-order valence-electron chi connectivity index (χ3n) is 6.41. The lowest BCUT2D eigenvalue weighted by Crippen LogP contribution is -2.09. The minimum absolute atomic E-state index is 0.136. The van der Waals surface area contributed by atoms with E-state index in [1.165, 1.54) is 4.90 Å². The van der Waals surface area contributed by atoms with Crippen molar-refractivity contribution in [1.29, 1.82) is 0 Å². The van der Waals surface area contributed by atoms with Crippen molar-refractivity contribution >= 4 is 39.2 Å². The van der Waals surface area contributed by atoms with Gasteiger partial charge in [0.2, 0.25) is 0 Å². The molecule has 0 fully saturated rings.